The summed E-state index contributed by atoms with van der Waals surface area (Å²) in [4.78, 5) is 19.9. The highest BCUT2D eigenvalue weighted by molar-refractivity contribution is 7.99. The minimum Gasteiger partial charge on any atom is -0.338 e. The fourth-order valence-electron chi connectivity index (χ4n) is 3.04. The van der Waals surface area contributed by atoms with E-state index >= 15 is 0 Å². The Morgan fingerprint density at radius 3 is 2.86 bits per heavy atom. The lowest BCUT2D eigenvalue weighted by Gasteiger charge is -2.25. The first-order valence-electron chi connectivity index (χ1n) is 8.06. The fraction of sp³-hybridized carbons (Fsp3) is 0.750. The van der Waals surface area contributed by atoms with Gasteiger partial charge in [0.15, 0.2) is 0 Å². The summed E-state index contributed by atoms with van der Waals surface area (Å²) in [6, 6.07) is 0.461. The second-order valence-electron chi connectivity index (χ2n) is 5.88. The van der Waals surface area contributed by atoms with Crippen LogP contribution in [0, 0.1) is 13.8 Å². The van der Waals surface area contributed by atoms with E-state index in [-0.39, 0.29) is 6.03 Å². The molecule has 124 valence electrons. The quantitative estimate of drug-likeness (QED) is 0.859. The van der Waals surface area contributed by atoms with Gasteiger partial charge >= 0.3 is 6.03 Å². The number of urea groups is 1. The van der Waals surface area contributed by atoms with Crippen molar-refractivity contribution < 1.29 is 4.79 Å². The van der Waals surface area contributed by atoms with Crippen LogP contribution >= 0.6 is 23.1 Å². The van der Waals surface area contributed by atoms with Gasteiger partial charge in [-0.15, -0.1) is 11.3 Å². The summed E-state index contributed by atoms with van der Waals surface area (Å²) in [5.41, 5.74) is 1.10. The van der Waals surface area contributed by atoms with Crippen molar-refractivity contribution >= 4 is 29.1 Å². The first-order chi connectivity index (χ1) is 10.5. The number of hydrogen-bond donors (Lipinski definition) is 1. The maximum atomic E-state index is 12.3. The third kappa shape index (κ3) is 4.62. The Bertz CT molecular complexity index is 504. The van der Waals surface area contributed by atoms with Crippen LogP contribution in [0.15, 0.2) is 0 Å². The molecule has 0 aromatic carbocycles. The number of amides is 2. The molecule has 1 aliphatic rings. The molecule has 1 aromatic rings. The van der Waals surface area contributed by atoms with Gasteiger partial charge in [0.2, 0.25) is 0 Å². The van der Waals surface area contributed by atoms with Crippen LogP contribution in [-0.2, 0) is 6.42 Å². The molecule has 2 amide bonds. The summed E-state index contributed by atoms with van der Waals surface area (Å²) in [7, 11) is 1.93. The molecule has 1 aliphatic carbocycles. The van der Waals surface area contributed by atoms with E-state index < -0.39 is 0 Å². The van der Waals surface area contributed by atoms with Gasteiger partial charge in [0.05, 0.1) is 10.7 Å². The highest BCUT2D eigenvalue weighted by Crippen LogP contribution is 2.32. The van der Waals surface area contributed by atoms with Gasteiger partial charge in [0.1, 0.15) is 0 Å². The van der Waals surface area contributed by atoms with Crippen LogP contribution in [0.5, 0.6) is 0 Å². The van der Waals surface area contributed by atoms with Gasteiger partial charge in [-0.25, -0.2) is 9.78 Å². The summed E-state index contributed by atoms with van der Waals surface area (Å²) in [5, 5.41) is 4.88. The molecule has 0 spiro atoms. The first-order valence-corrected chi connectivity index (χ1v) is 9.93. The van der Waals surface area contributed by atoms with Gasteiger partial charge < -0.3 is 10.2 Å². The number of rotatable bonds is 6. The molecule has 0 aliphatic heterocycles. The molecule has 0 radical (unpaired) electrons. The van der Waals surface area contributed by atoms with Crippen molar-refractivity contribution in [1.29, 1.82) is 0 Å². The number of aromatic nitrogens is 1. The van der Waals surface area contributed by atoms with Crippen LogP contribution in [0.4, 0.5) is 4.79 Å². The van der Waals surface area contributed by atoms with Gasteiger partial charge in [-0.3, -0.25) is 0 Å². The Hall–Kier alpha value is -0.750. The topological polar surface area (TPSA) is 45.2 Å². The number of aryl methyl sites for hydroxylation is 2. The minimum absolute atomic E-state index is 0.0611. The van der Waals surface area contributed by atoms with Gasteiger partial charge in [-0.2, -0.15) is 11.8 Å². The van der Waals surface area contributed by atoms with Crippen LogP contribution in [0.2, 0.25) is 0 Å². The predicted octanol–water partition coefficient (Wildman–Crippen LogP) is 3.62. The van der Waals surface area contributed by atoms with E-state index in [4.69, 9.17) is 0 Å². The third-order valence-electron chi connectivity index (χ3n) is 4.26. The van der Waals surface area contributed by atoms with E-state index in [2.05, 4.69) is 17.2 Å². The number of thioether (sulfide) groups is 1. The van der Waals surface area contributed by atoms with E-state index in [0.717, 1.165) is 35.2 Å². The summed E-state index contributed by atoms with van der Waals surface area (Å²) >= 11 is 3.75. The Morgan fingerprint density at radius 1 is 1.45 bits per heavy atom. The predicted molar refractivity (Wildman–Crippen MR) is 96.0 cm³/mol. The molecule has 0 bridgehead atoms. The fourth-order valence-corrected chi connectivity index (χ4v) is 5.10. The van der Waals surface area contributed by atoms with E-state index in [1.807, 2.05) is 37.6 Å². The lowest BCUT2D eigenvalue weighted by Crippen LogP contribution is -2.43. The lowest BCUT2D eigenvalue weighted by molar-refractivity contribution is 0.191. The molecule has 0 unspecified atom stereocenters. The van der Waals surface area contributed by atoms with Gasteiger partial charge in [0.25, 0.3) is 0 Å². The lowest BCUT2D eigenvalue weighted by atomic mass is 10.2. The third-order valence-corrected chi connectivity index (χ3v) is 6.62. The van der Waals surface area contributed by atoms with Crippen LogP contribution in [0.3, 0.4) is 0 Å². The largest absolute Gasteiger partial charge is 0.338 e. The smallest absolute Gasteiger partial charge is 0.317 e. The van der Waals surface area contributed by atoms with E-state index in [9.17, 15) is 4.79 Å². The van der Waals surface area contributed by atoms with E-state index in [1.54, 1.807) is 11.3 Å². The molecule has 22 heavy (non-hydrogen) atoms. The van der Waals surface area contributed by atoms with Crippen molar-refractivity contribution in [3.05, 3.63) is 15.6 Å². The maximum absolute atomic E-state index is 12.3. The second kappa shape index (κ2) is 8.20. The summed E-state index contributed by atoms with van der Waals surface area (Å²) < 4.78 is 0. The summed E-state index contributed by atoms with van der Waals surface area (Å²) in [5.74, 6) is 1.17. The molecular weight excluding hydrogens is 314 g/mol. The molecule has 1 N–H and O–H groups in total. The normalized spacial score (nSPS) is 21.1. The van der Waals surface area contributed by atoms with Gasteiger partial charge in [-0.1, -0.05) is 6.92 Å². The van der Waals surface area contributed by atoms with Gasteiger partial charge in [0, 0.05) is 36.2 Å². The van der Waals surface area contributed by atoms with Crippen molar-refractivity contribution in [2.24, 2.45) is 0 Å². The van der Waals surface area contributed by atoms with E-state index in [1.165, 1.54) is 17.1 Å². The van der Waals surface area contributed by atoms with Crippen molar-refractivity contribution in [1.82, 2.24) is 15.2 Å². The van der Waals surface area contributed by atoms with E-state index in [0.29, 0.717) is 12.6 Å². The molecule has 4 nitrogen and oxygen atoms in total. The second-order valence-corrected chi connectivity index (χ2v) is 8.74. The number of thiazole rings is 1. The van der Waals surface area contributed by atoms with Crippen molar-refractivity contribution in [2.45, 2.75) is 57.7 Å². The van der Waals surface area contributed by atoms with Crippen LogP contribution in [0.1, 0.15) is 41.8 Å². The Morgan fingerprint density at radius 2 is 2.23 bits per heavy atom. The first kappa shape index (κ1) is 17.6. The molecule has 1 aromatic heterocycles. The Labute approximate surface area is 142 Å². The van der Waals surface area contributed by atoms with Gasteiger partial charge in [-0.05, 0) is 38.9 Å². The summed E-state index contributed by atoms with van der Waals surface area (Å²) in [6.45, 7) is 6.96. The van der Waals surface area contributed by atoms with Crippen molar-refractivity contribution in [2.75, 3.05) is 19.3 Å². The zero-order valence-corrected chi connectivity index (χ0v) is 15.6. The minimum atomic E-state index is 0.0611. The molecule has 2 atom stereocenters. The number of carbonyl (C=O) groups is 1. The molecule has 0 saturated heterocycles. The number of hydrogen-bond acceptors (Lipinski definition) is 4. The monoisotopic (exact) mass is 341 g/mol. The number of nitrogens with one attached hydrogen (secondary N) is 1. The zero-order chi connectivity index (χ0) is 16.1. The molecule has 1 saturated carbocycles. The molecular formula is C16H27N3OS2. The highest BCUT2D eigenvalue weighted by Gasteiger charge is 2.29. The Balaban J connectivity index is 1.74. The summed E-state index contributed by atoms with van der Waals surface area (Å²) in [6.07, 6.45) is 4.38. The van der Waals surface area contributed by atoms with Crippen LogP contribution in [-0.4, -0.2) is 46.6 Å². The van der Waals surface area contributed by atoms with Crippen LogP contribution < -0.4 is 5.32 Å². The van der Waals surface area contributed by atoms with Crippen LogP contribution in [0.25, 0.3) is 0 Å². The Kier molecular flexibility index (Phi) is 6.56. The zero-order valence-electron chi connectivity index (χ0n) is 14.0. The standard InChI is InChI=1S/C16H27N3OS2/c1-5-21-14-7-6-13(10-14)19(4)16(20)17-9-8-15-11(2)18-12(3)22-15/h13-14H,5-10H2,1-4H3,(H,17,20)/t13-,14-/m0/s1. The average molecular weight is 342 g/mol. The molecule has 6 heteroatoms. The average Bonchev–Trinajstić information content (AvgIpc) is 3.05. The molecule has 1 heterocycles. The maximum Gasteiger partial charge on any atom is 0.317 e. The highest BCUT2D eigenvalue weighted by atomic mass is 32.2. The van der Waals surface area contributed by atoms with Crippen molar-refractivity contribution in [3.8, 4) is 0 Å². The molecule has 2 rings (SSSR count). The SMILES string of the molecule is CCS[C@H]1CC[C@H](N(C)C(=O)NCCc2sc(C)nc2C)C1. The molecule has 1 fully saturated rings. The number of carbonyl (C=O) groups excluding carboxylic acids is 1. The van der Waals surface area contributed by atoms with Crippen molar-refractivity contribution in [3.63, 3.8) is 0 Å². The number of nitrogens with zero attached hydrogens (tertiary/aromatic N) is 2.